The minimum atomic E-state index is -3.89. The number of carboxylic acids is 1. The molecule has 1 aromatic rings. The van der Waals surface area contributed by atoms with Gasteiger partial charge in [0.15, 0.2) is 0 Å². The number of hydrogen-bond donors (Lipinski definition) is 3. The highest BCUT2D eigenvalue weighted by atomic mass is 32.2. The van der Waals surface area contributed by atoms with E-state index in [9.17, 15) is 33.0 Å². The average molecular weight is 528 g/mol. The summed E-state index contributed by atoms with van der Waals surface area (Å²) in [6.45, 7) is 2.39. The van der Waals surface area contributed by atoms with Crippen molar-refractivity contribution in [3.63, 3.8) is 0 Å². The number of aliphatic hydroxyl groups is 1. The van der Waals surface area contributed by atoms with E-state index < -0.39 is 40.1 Å². The molecule has 12 heteroatoms. The van der Waals surface area contributed by atoms with Crippen LogP contribution in [0.5, 0.6) is 0 Å². The molecule has 3 rings (SSSR count). The van der Waals surface area contributed by atoms with Gasteiger partial charge in [0.1, 0.15) is 12.1 Å². The maximum absolute atomic E-state index is 13.3. The van der Waals surface area contributed by atoms with Crippen molar-refractivity contribution < 1.29 is 33.0 Å². The van der Waals surface area contributed by atoms with Gasteiger partial charge < -0.3 is 20.0 Å². The van der Waals surface area contributed by atoms with Gasteiger partial charge in [0.25, 0.3) is 0 Å². The molecule has 2 heterocycles. The first-order valence-electron chi connectivity index (χ1n) is 11.6. The normalized spacial score (nSPS) is 22.3. The Morgan fingerprint density at radius 1 is 1.17 bits per heavy atom. The highest BCUT2D eigenvalue weighted by molar-refractivity contribution is 7.98. The van der Waals surface area contributed by atoms with E-state index in [4.69, 9.17) is 0 Å². The van der Waals surface area contributed by atoms with E-state index in [1.54, 1.807) is 17.0 Å². The number of aliphatic hydroxyl groups excluding tert-OH is 1. The van der Waals surface area contributed by atoms with E-state index in [-0.39, 0.29) is 42.8 Å². The zero-order valence-corrected chi connectivity index (χ0v) is 21.6. The predicted octanol–water partition coefficient (Wildman–Crippen LogP) is 0.680. The number of benzene rings is 1. The van der Waals surface area contributed by atoms with Crippen LogP contribution in [-0.2, 0) is 24.4 Å². The summed E-state index contributed by atoms with van der Waals surface area (Å²) in [4.78, 5) is 40.6. The SMILES string of the molecule is CSCC[C@H](NS(=O)(=O)c1ccc(C)cc1)C(=O)N1CCC(C(=O)N2CC(O)CC2C(=O)O)CC1. The number of nitrogens with zero attached hydrogens (tertiary/aromatic N) is 2. The van der Waals surface area contributed by atoms with Crippen molar-refractivity contribution in [1.29, 1.82) is 0 Å². The summed E-state index contributed by atoms with van der Waals surface area (Å²) in [5, 5.41) is 19.2. The number of rotatable bonds is 9. The first-order valence-corrected chi connectivity index (χ1v) is 14.5. The summed E-state index contributed by atoms with van der Waals surface area (Å²) in [7, 11) is -3.89. The number of sulfonamides is 1. The lowest BCUT2D eigenvalue weighted by Gasteiger charge is -2.35. The van der Waals surface area contributed by atoms with E-state index >= 15 is 0 Å². The summed E-state index contributed by atoms with van der Waals surface area (Å²) in [6.07, 6.45) is 2.06. The number of nitrogens with one attached hydrogen (secondary N) is 1. The Labute approximate surface area is 210 Å². The topological polar surface area (TPSA) is 144 Å². The number of aliphatic carboxylic acids is 1. The van der Waals surface area contributed by atoms with Gasteiger partial charge in [-0.2, -0.15) is 16.5 Å². The highest BCUT2D eigenvalue weighted by Gasteiger charge is 2.42. The number of carbonyl (C=O) groups is 3. The molecule has 3 N–H and O–H groups in total. The third kappa shape index (κ3) is 6.75. The molecule has 1 aromatic carbocycles. The Kier molecular flexibility index (Phi) is 9.19. The first-order chi connectivity index (χ1) is 16.5. The maximum atomic E-state index is 13.3. The molecule has 2 amide bonds. The van der Waals surface area contributed by atoms with Gasteiger partial charge in [0.05, 0.1) is 11.0 Å². The van der Waals surface area contributed by atoms with Crippen LogP contribution in [0.25, 0.3) is 0 Å². The van der Waals surface area contributed by atoms with Gasteiger partial charge in [0, 0.05) is 32.0 Å². The smallest absolute Gasteiger partial charge is 0.326 e. The van der Waals surface area contributed by atoms with Crippen molar-refractivity contribution in [3.8, 4) is 0 Å². The molecule has 2 saturated heterocycles. The first kappa shape index (κ1) is 27.4. The Morgan fingerprint density at radius 2 is 1.80 bits per heavy atom. The van der Waals surface area contributed by atoms with E-state index in [0.29, 0.717) is 25.0 Å². The molecule has 0 radical (unpaired) electrons. The van der Waals surface area contributed by atoms with Crippen LogP contribution in [0.15, 0.2) is 29.2 Å². The van der Waals surface area contributed by atoms with Gasteiger partial charge in [-0.3, -0.25) is 9.59 Å². The van der Waals surface area contributed by atoms with Crippen LogP contribution in [-0.4, -0.2) is 96.0 Å². The maximum Gasteiger partial charge on any atom is 0.326 e. The van der Waals surface area contributed by atoms with Crippen molar-refractivity contribution in [2.45, 2.75) is 55.7 Å². The third-order valence-electron chi connectivity index (χ3n) is 6.54. The summed E-state index contributed by atoms with van der Waals surface area (Å²) >= 11 is 1.51. The zero-order valence-electron chi connectivity index (χ0n) is 19.9. The van der Waals surface area contributed by atoms with E-state index in [1.165, 1.54) is 28.8 Å². The second kappa shape index (κ2) is 11.7. The second-order valence-corrected chi connectivity index (χ2v) is 11.8. The van der Waals surface area contributed by atoms with Gasteiger partial charge >= 0.3 is 5.97 Å². The monoisotopic (exact) mass is 527 g/mol. The molecular weight excluding hydrogens is 494 g/mol. The van der Waals surface area contributed by atoms with Gasteiger partial charge in [0.2, 0.25) is 21.8 Å². The number of carboxylic acid groups (broad SMARTS) is 1. The van der Waals surface area contributed by atoms with Crippen molar-refractivity contribution in [2.75, 3.05) is 31.6 Å². The second-order valence-electron chi connectivity index (χ2n) is 9.10. The van der Waals surface area contributed by atoms with Crippen LogP contribution in [0.4, 0.5) is 0 Å². The lowest BCUT2D eigenvalue weighted by molar-refractivity contribution is -0.151. The fourth-order valence-corrected chi connectivity index (χ4v) is 6.23. The van der Waals surface area contributed by atoms with Crippen molar-refractivity contribution in [3.05, 3.63) is 29.8 Å². The Morgan fingerprint density at radius 3 is 2.37 bits per heavy atom. The number of β-amino-alcohol motifs (C(OH)–C–C–N with tert-alkyl or cyclic N) is 1. The van der Waals surface area contributed by atoms with Gasteiger partial charge in [-0.05, 0) is 50.3 Å². The number of aryl methyl sites for hydroxylation is 1. The third-order valence-corrected chi connectivity index (χ3v) is 8.67. The molecule has 194 valence electrons. The van der Waals surface area contributed by atoms with Crippen molar-refractivity contribution >= 4 is 39.6 Å². The number of thioether (sulfide) groups is 1. The highest BCUT2D eigenvalue weighted by Crippen LogP contribution is 2.26. The molecule has 10 nitrogen and oxygen atoms in total. The number of hydrogen-bond acceptors (Lipinski definition) is 7. The molecule has 35 heavy (non-hydrogen) atoms. The molecule has 0 bridgehead atoms. The van der Waals surface area contributed by atoms with Gasteiger partial charge in [-0.25, -0.2) is 13.2 Å². The quantitative estimate of drug-likeness (QED) is 0.425. The van der Waals surface area contributed by atoms with Crippen LogP contribution in [0.3, 0.4) is 0 Å². The molecule has 2 fully saturated rings. The zero-order chi connectivity index (χ0) is 25.8. The van der Waals surface area contributed by atoms with Crippen LogP contribution in [0.1, 0.15) is 31.2 Å². The molecular formula is C23H33N3O7S2. The Hall–Kier alpha value is -2.15. The fraction of sp³-hybridized carbons (Fsp3) is 0.609. The van der Waals surface area contributed by atoms with Crippen LogP contribution in [0.2, 0.25) is 0 Å². The largest absolute Gasteiger partial charge is 0.480 e. The molecule has 2 aliphatic rings. The minimum absolute atomic E-state index is 0.00745. The lowest BCUT2D eigenvalue weighted by Crippen LogP contribution is -2.52. The molecule has 0 aliphatic carbocycles. The standard InChI is InChI=1S/C23H33N3O7S2/c1-15-3-5-18(6-4-15)35(32,33)24-19(9-12-34-2)22(29)25-10-7-16(8-11-25)21(28)26-14-17(27)13-20(26)23(30)31/h3-6,16-17,19-20,24,27H,7-14H2,1-2H3,(H,30,31)/t17?,19-,20?/m0/s1. The lowest BCUT2D eigenvalue weighted by atomic mass is 9.94. The van der Waals surface area contributed by atoms with Crippen LogP contribution >= 0.6 is 11.8 Å². The summed E-state index contributed by atoms with van der Waals surface area (Å²) < 4.78 is 28.4. The van der Waals surface area contributed by atoms with Gasteiger partial charge in [-0.1, -0.05) is 17.7 Å². The summed E-state index contributed by atoms with van der Waals surface area (Å²) in [6, 6.07) is 4.44. The molecule has 3 atom stereocenters. The number of likely N-dealkylation sites (tertiary alicyclic amines) is 2. The minimum Gasteiger partial charge on any atom is -0.480 e. The number of amides is 2. The molecule has 0 spiro atoms. The molecule has 2 aliphatic heterocycles. The van der Waals surface area contributed by atoms with Crippen molar-refractivity contribution in [2.24, 2.45) is 5.92 Å². The van der Waals surface area contributed by atoms with E-state index in [1.807, 2.05) is 13.2 Å². The van der Waals surface area contributed by atoms with Gasteiger partial charge in [-0.15, -0.1) is 0 Å². The number of carbonyl (C=O) groups excluding carboxylic acids is 2. The summed E-state index contributed by atoms with van der Waals surface area (Å²) in [5.41, 5.74) is 0.925. The molecule has 0 saturated carbocycles. The average Bonchev–Trinajstić information content (AvgIpc) is 3.23. The van der Waals surface area contributed by atoms with E-state index in [2.05, 4.69) is 4.72 Å². The van der Waals surface area contributed by atoms with Crippen LogP contribution < -0.4 is 4.72 Å². The van der Waals surface area contributed by atoms with Crippen LogP contribution in [0, 0.1) is 12.8 Å². The Bertz CT molecular complexity index is 1020. The molecule has 2 unspecified atom stereocenters. The molecule has 0 aromatic heterocycles. The number of piperidine rings is 1. The van der Waals surface area contributed by atoms with E-state index in [0.717, 1.165) is 5.56 Å². The van der Waals surface area contributed by atoms with Crippen molar-refractivity contribution in [1.82, 2.24) is 14.5 Å². The summed E-state index contributed by atoms with van der Waals surface area (Å²) in [5.74, 6) is -1.64. The Balaban J connectivity index is 1.64. The fourth-order valence-electron chi connectivity index (χ4n) is 4.53. The predicted molar refractivity (Wildman–Crippen MR) is 131 cm³/mol.